The lowest BCUT2D eigenvalue weighted by Gasteiger charge is -2.21. The van der Waals surface area contributed by atoms with Crippen LogP contribution < -0.4 is 0 Å². The summed E-state index contributed by atoms with van der Waals surface area (Å²) < 4.78 is 2.40. The molecule has 0 amide bonds. The third-order valence-electron chi connectivity index (χ3n) is 9.56. The Labute approximate surface area is 271 Å². The second-order valence-corrected chi connectivity index (χ2v) is 13.2. The highest BCUT2D eigenvalue weighted by Gasteiger charge is 2.20. The molecule has 2 heteroatoms. The monoisotopic (exact) mass is 601 g/mol. The number of hydrogen-bond donors (Lipinski definition) is 0. The van der Waals surface area contributed by atoms with Crippen molar-refractivity contribution in [3.8, 4) is 39.1 Å². The van der Waals surface area contributed by atoms with E-state index in [4.69, 9.17) is 0 Å². The van der Waals surface area contributed by atoms with Crippen LogP contribution in [0, 0.1) is 0 Å². The van der Waals surface area contributed by atoms with Gasteiger partial charge in [0.15, 0.2) is 0 Å². The molecule has 0 unspecified atom stereocenters. The fourth-order valence-corrected chi connectivity index (χ4v) is 8.67. The minimum absolute atomic E-state index is 1.18. The number of benzene rings is 8. The molecule has 1 nitrogen and oxygen atoms in total. The van der Waals surface area contributed by atoms with E-state index in [1.807, 2.05) is 11.8 Å². The smallest absolute Gasteiger partial charge is 0.0547 e. The molecule has 46 heavy (non-hydrogen) atoms. The summed E-state index contributed by atoms with van der Waals surface area (Å²) in [6.45, 7) is 0. The van der Waals surface area contributed by atoms with E-state index < -0.39 is 0 Å². The van der Waals surface area contributed by atoms with E-state index >= 15 is 0 Å². The zero-order valence-electron chi connectivity index (χ0n) is 24.9. The van der Waals surface area contributed by atoms with E-state index in [9.17, 15) is 0 Å². The van der Waals surface area contributed by atoms with Gasteiger partial charge in [-0.05, 0) is 98.1 Å². The molecule has 8 aromatic carbocycles. The van der Waals surface area contributed by atoms with Crippen LogP contribution in [0.25, 0.3) is 82.4 Å². The molecule has 0 saturated heterocycles. The van der Waals surface area contributed by atoms with Crippen LogP contribution in [0.4, 0.5) is 0 Å². The first-order chi connectivity index (χ1) is 22.8. The van der Waals surface area contributed by atoms with Crippen LogP contribution in [0.15, 0.2) is 174 Å². The number of rotatable bonds is 3. The summed E-state index contributed by atoms with van der Waals surface area (Å²) >= 11 is 1.88. The molecule has 0 N–H and O–H groups in total. The van der Waals surface area contributed by atoms with Gasteiger partial charge >= 0.3 is 0 Å². The van der Waals surface area contributed by atoms with Gasteiger partial charge in [0.25, 0.3) is 0 Å². The first-order valence-electron chi connectivity index (χ1n) is 15.8. The van der Waals surface area contributed by atoms with E-state index in [-0.39, 0.29) is 0 Å². The quantitative estimate of drug-likeness (QED) is 0.195. The molecule has 0 bridgehead atoms. The lowest BCUT2D eigenvalue weighted by Crippen LogP contribution is -1.93. The third-order valence-corrected chi connectivity index (χ3v) is 10.7. The highest BCUT2D eigenvalue weighted by Crippen LogP contribution is 2.49. The Kier molecular flexibility index (Phi) is 5.58. The van der Waals surface area contributed by atoms with Gasteiger partial charge in [0.2, 0.25) is 0 Å². The van der Waals surface area contributed by atoms with Crippen molar-refractivity contribution in [3.63, 3.8) is 0 Å². The van der Waals surface area contributed by atoms with Gasteiger partial charge in [0.05, 0.1) is 11.0 Å². The van der Waals surface area contributed by atoms with Gasteiger partial charge in [-0.25, -0.2) is 0 Å². The summed E-state index contributed by atoms with van der Waals surface area (Å²) in [7, 11) is 0. The number of aromatic nitrogens is 1. The predicted octanol–water partition coefficient (Wildman–Crippen LogP) is 12.6. The Balaban J connectivity index is 1.18. The SMILES string of the molecule is c1ccc(-n2c3ccccc3c3c4c(-c5cccc(-c6ccc7c(c6)-c6cccc8cccc(c68)S7)c5)cccc4ccc32)cc1. The standard InChI is InChI=1S/C44H27NS/c1-2-15-33(16-3-1)45-38-20-5-4-17-36(38)44-39(45)24-22-29-11-7-18-34(43(29)44)32-14-6-13-30(26-32)31-23-25-40-37(27-31)35-19-8-10-28-12-9-21-41(46-40)42(28)35/h1-27H. The molecule has 0 saturated carbocycles. The van der Waals surface area contributed by atoms with Gasteiger partial charge in [-0.2, -0.15) is 0 Å². The topological polar surface area (TPSA) is 4.93 Å². The van der Waals surface area contributed by atoms with Crippen molar-refractivity contribution < 1.29 is 0 Å². The maximum atomic E-state index is 2.40. The third kappa shape index (κ3) is 3.77. The summed E-state index contributed by atoms with van der Waals surface area (Å²) in [6.07, 6.45) is 0. The van der Waals surface area contributed by atoms with Crippen molar-refractivity contribution in [3.05, 3.63) is 164 Å². The second kappa shape index (κ2) is 9.97. The number of fused-ring (bicyclic) bond motifs is 7. The van der Waals surface area contributed by atoms with Crippen LogP contribution in [-0.2, 0) is 0 Å². The molecule has 1 aromatic heterocycles. The average molecular weight is 602 g/mol. The number of para-hydroxylation sites is 2. The van der Waals surface area contributed by atoms with Crippen LogP contribution >= 0.6 is 11.8 Å². The molecule has 2 heterocycles. The van der Waals surface area contributed by atoms with Crippen molar-refractivity contribution in [2.45, 2.75) is 9.79 Å². The summed E-state index contributed by atoms with van der Waals surface area (Å²) in [6, 6.07) is 60.2. The molecule has 0 fully saturated rings. The maximum Gasteiger partial charge on any atom is 0.0547 e. The lowest BCUT2D eigenvalue weighted by atomic mass is 9.91. The molecule has 1 aliphatic heterocycles. The number of nitrogens with zero attached hydrogens (tertiary/aromatic N) is 1. The minimum Gasteiger partial charge on any atom is -0.309 e. The Hall–Kier alpha value is -5.57. The van der Waals surface area contributed by atoms with Gasteiger partial charge in [-0.1, -0.05) is 127 Å². The molecule has 0 radical (unpaired) electrons. The van der Waals surface area contributed by atoms with Gasteiger partial charge in [-0.15, -0.1) is 0 Å². The van der Waals surface area contributed by atoms with E-state index in [1.54, 1.807) is 0 Å². The zero-order valence-corrected chi connectivity index (χ0v) is 25.8. The molecular weight excluding hydrogens is 575 g/mol. The molecule has 0 atom stereocenters. The zero-order chi connectivity index (χ0) is 30.2. The minimum atomic E-state index is 1.18. The Morgan fingerprint density at radius 3 is 1.98 bits per heavy atom. The summed E-state index contributed by atoms with van der Waals surface area (Å²) in [5.74, 6) is 0. The van der Waals surface area contributed by atoms with Crippen LogP contribution in [-0.4, -0.2) is 4.57 Å². The summed E-state index contributed by atoms with van der Waals surface area (Å²) in [5.41, 5.74) is 11.2. The average Bonchev–Trinajstić information content (AvgIpc) is 3.47. The fraction of sp³-hybridized carbons (Fsp3) is 0. The first kappa shape index (κ1) is 25.7. The molecule has 1 aliphatic rings. The largest absolute Gasteiger partial charge is 0.309 e. The Bertz CT molecular complexity index is 2660. The summed E-state index contributed by atoms with van der Waals surface area (Å²) in [5, 5.41) is 7.80. The maximum absolute atomic E-state index is 2.40. The van der Waals surface area contributed by atoms with Crippen molar-refractivity contribution >= 4 is 55.1 Å². The second-order valence-electron chi connectivity index (χ2n) is 12.1. The normalized spacial score (nSPS) is 12.3. The Morgan fingerprint density at radius 2 is 1.09 bits per heavy atom. The van der Waals surface area contributed by atoms with Gasteiger partial charge in [0.1, 0.15) is 0 Å². The first-order valence-corrected chi connectivity index (χ1v) is 16.6. The highest BCUT2D eigenvalue weighted by atomic mass is 32.2. The Morgan fingerprint density at radius 1 is 0.370 bits per heavy atom. The van der Waals surface area contributed by atoms with Gasteiger partial charge in [0, 0.05) is 31.6 Å². The molecule has 0 aliphatic carbocycles. The van der Waals surface area contributed by atoms with E-state index in [2.05, 4.69) is 168 Å². The van der Waals surface area contributed by atoms with Crippen molar-refractivity contribution in [2.24, 2.45) is 0 Å². The van der Waals surface area contributed by atoms with E-state index in [1.165, 1.54) is 92.2 Å². The lowest BCUT2D eigenvalue weighted by molar-refractivity contribution is 1.18. The van der Waals surface area contributed by atoms with Crippen molar-refractivity contribution in [1.29, 1.82) is 0 Å². The molecule has 9 aromatic rings. The van der Waals surface area contributed by atoms with E-state index in [0.29, 0.717) is 0 Å². The molecular formula is C44H27NS. The number of hydrogen-bond acceptors (Lipinski definition) is 1. The van der Waals surface area contributed by atoms with Crippen LogP contribution in [0.3, 0.4) is 0 Å². The molecule has 0 spiro atoms. The summed E-state index contributed by atoms with van der Waals surface area (Å²) in [4.78, 5) is 2.66. The van der Waals surface area contributed by atoms with Crippen LogP contribution in [0.1, 0.15) is 0 Å². The highest BCUT2D eigenvalue weighted by molar-refractivity contribution is 7.99. The van der Waals surface area contributed by atoms with Crippen LogP contribution in [0.5, 0.6) is 0 Å². The van der Waals surface area contributed by atoms with Crippen molar-refractivity contribution in [2.75, 3.05) is 0 Å². The van der Waals surface area contributed by atoms with Crippen molar-refractivity contribution in [1.82, 2.24) is 4.57 Å². The fourth-order valence-electron chi connectivity index (χ4n) is 7.54. The molecule has 10 rings (SSSR count). The van der Waals surface area contributed by atoms with Gasteiger partial charge in [-0.3, -0.25) is 0 Å². The van der Waals surface area contributed by atoms with E-state index in [0.717, 1.165) is 0 Å². The van der Waals surface area contributed by atoms with Gasteiger partial charge < -0.3 is 4.57 Å². The molecule has 214 valence electrons. The van der Waals surface area contributed by atoms with Crippen LogP contribution in [0.2, 0.25) is 0 Å². The predicted molar refractivity (Wildman–Crippen MR) is 196 cm³/mol.